The molecule has 3 aromatic rings. The zero-order valence-corrected chi connectivity index (χ0v) is 16.2. The van der Waals surface area contributed by atoms with Crippen molar-refractivity contribution in [3.63, 3.8) is 0 Å². The highest BCUT2D eigenvalue weighted by Crippen LogP contribution is 2.33. The first-order valence-corrected chi connectivity index (χ1v) is 9.65. The lowest BCUT2D eigenvalue weighted by atomic mass is 10.1. The summed E-state index contributed by atoms with van der Waals surface area (Å²) < 4.78 is 38.6. The van der Waals surface area contributed by atoms with Crippen LogP contribution in [-0.4, -0.2) is 10.9 Å². The highest BCUT2D eigenvalue weighted by atomic mass is 35.5. The van der Waals surface area contributed by atoms with Crippen LogP contribution in [0.3, 0.4) is 0 Å². The number of rotatable bonds is 6. The summed E-state index contributed by atoms with van der Waals surface area (Å²) in [5.41, 5.74) is 0.685. The number of aryl methyl sites for hydroxylation is 1. The molecular formula is C20H16ClF3N2OS. The first kappa shape index (κ1) is 20.4. The smallest absolute Gasteiger partial charge is 0.302 e. The molecule has 1 N–H and O–H groups in total. The third-order valence-corrected chi connectivity index (χ3v) is 5.30. The maximum Gasteiger partial charge on any atom is 0.416 e. The van der Waals surface area contributed by atoms with Crippen molar-refractivity contribution in [2.75, 3.05) is 5.32 Å². The molecular weight excluding hydrogens is 409 g/mol. The lowest BCUT2D eigenvalue weighted by Gasteiger charge is -2.09. The lowest BCUT2D eigenvalue weighted by molar-refractivity contribution is -0.137. The summed E-state index contributed by atoms with van der Waals surface area (Å²) in [4.78, 5) is 16.9. The van der Waals surface area contributed by atoms with Gasteiger partial charge in [-0.3, -0.25) is 4.79 Å². The summed E-state index contributed by atoms with van der Waals surface area (Å²) >= 11 is 7.25. The summed E-state index contributed by atoms with van der Waals surface area (Å²) in [6.45, 7) is 0. The Morgan fingerprint density at radius 2 is 1.89 bits per heavy atom. The van der Waals surface area contributed by atoms with Crippen LogP contribution in [0.4, 0.5) is 18.3 Å². The van der Waals surface area contributed by atoms with Gasteiger partial charge >= 0.3 is 6.18 Å². The Balaban J connectivity index is 1.60. The predicted molar refractivity (Wildman–Crippen MR) is 105 cm³/mol. The fourth-order valence-corrected chi connectivity index (χ4v) is 3.64. The molecule has 8 heteroatoms. The minimum Gasteiger partial charge on any atom is -0.302 e. The number of nitrogens with zero attached hydrogens (tertiary/aromatic N) is 1. The Bertz CT molecular complexity index is 958. The quantitative estimate of drug-likeness (QED) is 0.529. The average Bonchev–Trinajstić information content (AvgIpc) is 3.08. The van der Waals surface area contributed by atoms with Crippen LogP contribution >= 0.6 is 22.9 Å². The van der Waals surface area contributed by atoms with E-state index >= 15 is 0 Å². The van der Waals surface area contributed by atoms with Gasteiger partial charge in [0.25, 0.3) is 0 Å². The fourth-order valence-electron chi connectivity index (χ4n) is 2.61. The van der Waals surface area contributed by atoms with E-state index in [2.05, 4.69) is 10.3 Å². The molecule has 0 aliphatic carbocycles. The first-order chi connectivity index (χ1) is 13.3. The van der Waals surface area contributed by atoms with Crippen molar-refractivity contribution in [3.05, 3.63) is 81.3 Å². The highest BCUT2D eigenvalue weighted by molar-refractivity contribution is 7.15. The molecule has 0 saturated carbocycles. The molecule has 3 rings (SSSR count). The van der Waals surface area contributed by atoms with E-state index in [0.29, 0.717) is 28.4 Å². The van der Waals surface area contributed by atoms with Gasteiger partial charge in [-0.25, -0.2) is 4.98 Å². The average molecular weight is 425 g/mol. The van der Waals surface area contributed by atoms with Crippen LogP contribution in [0.15, 0.2) is 54.7 Å². The van der Waals surface area contributed by atoms with Gasteiger partial charge in [0.15, 0.2) is 5.13 Å². The van der Waals surface area contributed by atoms with E-state index in [1.54, 1.807) is 0 Å². The van der Waals surface area contributed by atoms with Gasteiger partial charge in [-0.1, -0.05) is 41.9 Å². The number of carbonyl (C=O) groups is 1. The molecule has 1 aromatic heterocycles. The van der Waals surface area contributed by atoms with E-state index in [4.69, 9.17) is 11.6 Å². The third-order valence-electron chi connectivity index (χ3n) is 4.02. The number of nitrogens with one attached hydrogen (secondary N) is 1. The van der Waals surface area contributed by atoms with Gasteiger partial charge in [0.1, 0.15) is 0 Å². The van der Waals surface area contributed by atoms with E-state index in [1.165, 1.54) is 23.6 Å². The molecule has 0 spiro atoms. The number of aromatic nitrogens is 1. The molecule has 1 amide bonds. The number of amides is 1. The number of anilines is 1. The van der Waals surface area contributed by atoms with Crippen LogP contribution < -0.4 is 5.32 Å². The van der Waals surface area contributed by atoms with Crippen LogP contribution in [0.25, 0.3) is 0 Å². The van der Waals surface area contributed by atoms with Crippen molar-refractivity contribution < 1.29 is 18.0 Å². The van der Waals surface area contributed by atoms with Gasteiger partial charge in [-0.15, -0.1) is 11.3 Å². The molecule has 0 aliphatic rings. The molecule has 0 unspecified atom stereocenters. The van der Waals surface area contributed by atoms with E-state index in [0.717, 1.165) is 17.7 Å². The van der Waals surface area contributed by atoms with E-state index in [1.807, 2.05) is 30.3 Å². The topological polar surface area (TPSA) is 42.0 Å². The van der Waals surface area contributed by atoms with Crippen molar-refractivity contribution >= 4 is 34.0 Å². The second-order valence-electron chi connectivity index (χ2n) is 6.15. The molecule has 3 nitrogen and oxygen atoms in total. The van der Waals surface area contributed by atoms with Crippen molar-refractivity contribution in [2.45, 2.75) is 25.4 Å². The SMILES string of the molecule is O=C(CCc1ccccc1)Nc1ncc(Cc2cc(C(F)(F)F)ccc2Cl)s1. The number of halogens is 4. The number of carbonyl (C=O) groups excluding carboxylic acids is 1. The molecule has 0 aliphatic heterocycles. The minimum absolute atomic E-state index is 0.165. The second kappa shape index (κ2) is 8.75. The number of hydrogen-bond acceptors (Lipinski definition) is 3. The minimum atomic E-state index is -4.43. The summed E-state index contributed by atoms with van der Waals surface area (Å²) in [6, 6.07) is 12.9. The van der Waals surface area contributed by atoms with Gasteiger partial charge in [-0.05, 0) is 35.7 Å². The maximum atomic E-state index is 12.9. The molecule has 1 heterocycles. The molecule has 0 bridgehead atoms. The zero-order valence-electron chi connectivity index (χ0n) is 14.6. The first-order valence-electron chi connectivity index (χ1n) is 8.45. The summed E-state index contributed by atoms with van der Waals surface area (Å²) in [5.74, 6) is -0.165. The Kier molecular flexibility index (Phi) is 6.36. The molecule has 2 aromatic carbocycles. The zero-order chi connectivity index (χ0) is 20.1. The van der Waals surface area contributed by atoms with Crippen LogP contribution in [0.5, 0.6) is 0 Å². The summed E-state index contributed by atoms with van der Waals surface area (Å²) in [7, 11) is 0. The highest BCUT2D eigenvalue weighted by Gasteiger charge is 2.30. The fraction of sp³-hybridized carbons (Fsp3) is 0.200. The molecule has 0 radical (unpaired) electrons. The molecule has 0 atom stereocenters. The third kappa shape index (κ3) is 5.56. The van der Waals surface area contributed by atoms with Crippen molar-refractivity contribution in [3.8, 4) is 0 Å². The molecule has 146 valence electrons. The van der Waals surface area contributed by atoms with Gasteiger partial charge in [0.2, 0.25) is 5.91 Å². The van der Waals surface area contributed by atoms with E-state index in [9.17, 15) is 18.0 Å². The standard InChI is InChI=1S/C20H16ClF3N2OS/c21-17-8-7-15(20(22,23)24)10-14(17)11-16-12-25-19(28-16)26-18(27)9-6-13-4-2-1-3-5-13/h1-5,7-8,10,12H,6,9,11H2,(H,25,26,27). The van der Waals surface area contributed by atoms with E-state index in [-0.39, 0.29) is 17.4 Å². The normalized spacial score (nSPS) is 11.4. The monoisotopic (exact) mass is 424 g/mol. The Morgan fingerprint density at radius 1 is 1.14 bits per heavy atom. The number of thiazole rings is 1. The number of benzene rings is 2. The van der Waals surface area contributed by atoms with Crippen LogP contribution in [-0.2, 0) is 23.8 Å². The predicted octanol–water partition coefficient (Wildman–Crippen LogP) is 5.98. The molecule has 0 saturated heterocycles. The largest absolute Gasteiger partial charge is 0.416 e. The number of hydrogen-bond donors (Lipinski definition) is 1. The van der Waals surface area contributed by atoms with Gasteiger partial charge in [0, 0.05) is 28.9 Å². The van der Waals surface area contributed by atoms with Crippen LogP contribution in [0.2, 0.25) is 5.02 Å². The van der Waals surface area contributed by atoms with Gasteiger partial charge in [-0.2, -0.15) is 13.2 Å². The van der Waals surface area contributed by atoms with Crippen LogP contribution in [0, 0.1) is 0 Å². The van der Waals surface area contributed by atoms with Gasteiger partial charge in [0.05, 0.1) is 5.56 Å². The van der Waals surface area contributed by atoms with Gasteiger partial charge < -0.3 is 5.32 Å². The van der Waals surface area contributed by atoms with Crippen molar-refractivity contribution in [2.24, 2.45) is 0 Å². The maximum absolute atomic E-state index is 12.9. The van der Waals surface area contributed by atoms with E-state index < -0.39 is 11.7 Å². The lowest BCUT2D eigenvalue weighted by Crippen LogP contribution is -2.11. The Labute approximate surface area is 169 Å². The Morgan fingerprint density at radius 3 is 2.61 bits per heavy atom. The molecule has 28 heavy (non-hydrogen) atoms. The van der Waals surface area contributed by atoms with Crippen LogP contribution in [0.1, 0.15) is 28.0 Å². The number of alkyl halides is 3. The Hall–Kier alpha value is -2.38. The summed E-state index contributed by atoms with van der Waals surface area (Å²) in [5, 5.41) is 3.40. The second-order valence-corrected chi connectivity index (χ2v) is 7.67. The molecule has 0 fully saturated rings. The van der Waals surface area contributed by atoms with Crippen molar-refractivity contribution in [1.82, 2.24) is 4.98 Å². The van der Waals surface area contributed by atoms with Crippen molar-refractivity contribution in [1.29, 1.82) is 0 Å². The summed E-state index contributed by atoms with van der Waals surface area (Å²) in [6.07, 6.45) is -1.75.